The second-order valence-electron chi connectivity index (χ2n) is 8.85. The number of aliphatic hydroxyl groups excluding tert-OH is 3. The summed E-state index contributed by atoms with van der Waals surface area (Å²) in [6, 6.07) is 0. The van der Waals surface area contributed by atoms with E-state index in [-0.39, 0.29) is 16.9 Å². The van der Waals surface area contributed by atoms with Crippen molar-refractivity contribution in [1.82, 2.24) is 0 Å². The third kappa shape index (κ3) is 1.79. The Labute approximate surface area is 133 Å². The van der Waals surface area contributed by atoms with Crippen LogP contribution in [-0.2, 0) is 0 Å². The Balaban J connectivity index is 1.71. The van der Waals surface area contributed by atoms with Gasteiger partial charge in [0, 0.05) is 11.8 Å². The molecule has 0 bridgehead atoms. The molecule has 0 amide bonds. The summed E-state index contributed by atoms with van der Waals surface area (Å²) in [7, 11) is 0. The summed E-state index contributed by atoms with van der Waals surface area (Å²) in [6.07, 6.45) is 7.93. The van der Waals surface area contributed by atoms with Gasteiger partial charge in [0.15, 0.2) is 0 Å². The lowest BCUT2D eigenvalue weighted by molar-refractivity contribution is -0.113. The summed E-state index contributed by atoms with van der Waals surface area (Å²) in [4.78, 5) is 0. The van der Waals surface area contributed by atoms with Crippen LogP contribution in [0.5, 0.6) is 0 Å². The van der Waals surface area contributed by atoms with E-state index < -0.39 is 12.2 Å². The summed E-state index contributed by atoms with van der Waals surface area (Å²) < 4.78 is 0. The summed E-state index contributed by atoms with van der Waals surface area (Å²) in [5, 5.41) is 31.2. The number of aliphatic hydroxyl groups is 3. The van der Waals surface area contributed by atoms with Gasteiger partial charge < -0.3 is 15.3 Å². The Morgan fingerprint density at radius 3 is 2.50 bits per heavy atom. The zero-order chi connectivity index (χ0) is 15.7. The number of hydrogen-bond acceptors (Lipinski definition) is 3. The van der Waals surface area contributed by atoms with Crippen molar-refractivity contribution in [2.45, 2.75) is 77.1 Å². The first-order valence-corrected chi connectivity index (χ1v) is 9.12. The maximum atomic E-state index is 10.8. The average molecular weight is 306 g/mol. The van der Waals surface area contributed by atoms with E-state index in [9.17, 15) is 15.3 Å². The Bertz CT molecular complexity index is 501. The fourth-order valence-electron chi connectivity index (χ4n) is 6.73. The largest absolute Gasteiger partial charge is 0.393 e. The first-order chi connectivity index (χ1) is 10.4. The maximum absolute atomic E-state index is 10.8. The molecular formula is C19H30O3. The summed E-state index contributed by atoms with van der Waals surface area (Å²) in [6.45, 7) is 4.53. The first kappa shape index (κ1) is 15.2. The van der Waals surface area contributed by atoms with Crippen molar-refractivity contribution in [3.05, 3.63) is 11.6 Å². The van der Waals surface area contributed by atoms with Gasteiger partial charge in [-0.25, -0.2) is 0 Å². The van der Waals surface area contributed by atoms with Crippen molar-refractivity contribution >= 4 is 0 Å². The summed E-state index contributed by atoms with van der Waals surface area (Å²) in [5.74, 6) is 1.75. The highest BCUT2D eigenvalue weighted by molar-refractivity contribution is 5.27. The summed E-state index contributed by atoms with van der Waals surface area (Å²) >= 11 is 0. The number of rotatable bonds is 0. The van der Waals surface area contributed by atoms with Crippen LogP contribution in [0.2, 0.25) is 0 Å². The van der Waals surface area contributed by atoms with Crippen molar-refractivity contribution in [3.8, 4) is 0 Å². The van der Waals surface area contributed by atoms with Gasteiger partial charge in [0.05, 0.1) is 18.3 Å². The molecule has 4 rings (SSSR count). The fourth-order valence-corrected chi connectivity index (χ4v) is 6.73. The minimum atomic E-state index is -0.475. The molecule has 3 N–H and O–H groups in total. The predicted octanol–water partition coefficient (Wildman–Crippen LogP) is 2.64. The van der Waals surface area contributed by atoms with Gasteiger partial charge in [0.1, 0.15) is 0 Å². The SMILES string of the molecule is C[C@]12CC[C@H]3[C@@H](CCC4=CC(O)CC(O)[C@@]43C)[C@@H]1CCC2O. The second-order valence-corrected chi connectivity index (χ2v) is 8.85. The third-order valence-corrected chi connectivity index (χ3v) is 8.15. The lowest BCUT2D eigenvalue weighted by Crippen LogP contribution is -2.55. The highest BCUT2D eigenvalue weighted by Gasteiger charge is 2.60. The van der Waals surface area contributed by atoms with Crippen LogP contribution in [0.1, 0.15) is 58.8 Å². The molecule has 3 nitrogen and oxygen atoms in total. The fraction of sp³-hybridized carbons (Fsp3) is 0.895. The molecule has 0 aromatic rings. The molecule has 22 heavy (non-hydrogen) atoms. The molecule has 0 spiro atoms. The van der Waals surface area contributed by atoms with Crippen LogP contribution in [0.15, 0.2) is 11.6 Å². The van der Waals surface area contributed by atoms with Crippen LogP contribution in [0.3, 0.4) is 0 Å². The lowest BCUT2D eigenvalue weighted by Gasteiger charge is -2.59. The highest BCUT2D eigenvalue weighted by Crippen LogP contribution is 2.65. The van der Waals surface area contributed by atoms with Crippen LogP contribution in [0.4, 0.5) is 0 Å². The Kier molecular flexibility index (Phi) is 3.32. The molecule has 0 aromatic carbocycles. The van der Waals surface area contributed by atoms with Crippen LogP contribution in [0, 0.1) is 28.6 Å². The number of hydrogen-bond donors (Lipinski definition) is 3. The van der Waals surface area contributed by atoms with E-state index in [1.807, 2.05) is 6.08 Å². The molecule has 3 saturated carbocycles. The standard InChI is InChI=1S/C19H30O3/c1-18-8-7-15-13(14(18)5-6-16(18)21)4-3-11-9-12(20)10-17(22)19(11,15)2/h9,12-17,20-22H,3-8,10H2,1-2H3/t12?,13-,14-,15-,16?,17?,18-,19-/m0/s1. The van der Waals surface area contributed by atoms with Crippen molar-refractivity contribution in [2.75, 3.05) is 0 Å². The van der Waals surface area contributed by atoms with Gasteiger partial charge in [-0.1, -0.05) is 25.5 Å². The quantitative estimate of drug-likeness (QED) is 0.603. The summed E-state index contributed by atoms with van der Waals surface area (Å²) in [5.41, 5.74) is 1.23. The van der Waals surface area contributed by atoms with E-state index in [0.717, 1.165) is 32.1 Å². The first-order valence-electron chi connectivity index (χ1n) is 9.12. The monoisotopic (exact) mass is 306 g/mol. The average Bonchev–Trinajstić information content (AvgIpc) is 2.77. The normalized spacial score (nSPS) is 57.6. The molecule has 124 valence electrons. The molecule has 0 aliphatic heterocycles. The van der Waals surface area contributed by atoms with E-state index in [1.165, 1.54) is 12.0 Å². The molecule has 0 radical (unpaired) electrons. The maximum Gasteiger partial charge on any atom is 0.0748 e. The minimum Gasteiger partial charge on any atom is -0.393 e. The molecule has 0 heterocycles. The van der Waals surface area contributed by atoms with Crippen LogP contribution < -0.4 is 0 Å². The number of fused-ring (bicyclic) bond motifs is 5. The molecule has 3 fully saturated rings. The molecule has 0 aromatic heterocycles. The van der Waals surface area contributed by atoms with Gasteiger partial charge in [-0.3, -0.25) is 0 Å². The zero-order valence-electron chi connectivity index (χ0n) is 13.8. The van der Waals surface area contributed by atoms with E-state index >= 15 is 0 Å². The lowest BCUT2D eigenvalue weighted by atomic mass is 9.46. The molecule has 8 atom stereocenters. The smallest absolute Gasteiger partial charge is 0.0748 e. The molecule has 3 unspecified atom stereocenters. The molecule has 4 aliphatic rings. The van der Waals surface area contributed by atoms with E-state index in [2.05, 4.69) is 13.8 Å². The Morgan fingerprint density at radius 2 is 1.73 bits per heavy atom. The Morgan fingerprint density at radius 1 is 0.955 bits per heavy atom. The van der Waals surface area contributed by atoms with Gasteiger partial charge in [-0.15, -0.1) is 0 Å². The van der Waals surface area contributed by atoms with Gasteiger partial charge in [-0.2, -0.15) is 0 Å². The van der Waals surface area contributed by atoms with Crippen molar-refractivity contribution < 1.29 is 15.3 Å². The van der Waals surface area contributed by atoms with Crippen LogP contribution in [-0.4, -0.2) is 33.6 Å². The third-order valence-electron chi connectivity index (χ3n) is 8.15. The minimum absolute atomic E-state index is 0.0951. The van der Waals surface area contributed by atoms with E-state index in [1.54, 1.807) is 0 Å². The van der Waals surface area contributed by atoms with Crippen LogP contribution >= 0.6 is 0 Å². The van der Waals surface area contributed by atoms with Crippen molar-refractivity contribution in [1.29, 1.82) is 0 Å². The van der Waals surface area contributed by atoms with Gasteiger partial charge >= 0.3 is 0 Å². The van der Waals surface area contributed by atoms with E-state index in [4.69, 9.17) is 0 Å². The topological polar surface area (TPSA) is 60.7 Å². The van der Waals surface area contributed by atoms with Crippen molar-refractivity contribution in [3.63, 3.8) is 0 Å². The van der Waals surface area contributed by atoms with Crippen molar-refractivity contribution in [2.24, 2.45) is 28.6 Å². The van der Waals surface area contributed by atoms with Gasteiger partial charge in [-0.05, 0) is 61.7 Å². The van der Waals surface area contributed by atoms with Crippen LogP contribution in [0.25, 0.3) is 0 Å². The van der Waals surface area contributed by atoms with Gasteiger partial charge in [0.25, 0.3) is 0 Å². The highest BCUT2D eigenvalue weighted by atomic mass is 16.3. The molecule has 0 saturated heterocycles. The Hall–Kier alpha value is -0.380. The molecule has 4 aliphatic carbocycles. The zero-order valence-corrected chi connectivity index (χ0v) is 13.8. The van der Waals surface area contributed by atoms with E-state index in [0.29, 0.717) is 24.2 Å². The molecular weight excluding hydrogens is 276 g/mol. The van der Waals surface area contributed by atoms with Gasteiger partial charge in [0.2, 0.25) is 0 Å². The predicted molar refractivity (Wildman–Crippen MR) is 85.1 cm³/mol. The molecule has 3 heteroatoms. The second kappa shape index (κ2) is 4.81.